The van der Waals surface area contributed by atoms with Gasteiger partial charge in [0.15, 0.2) is 6.23 Å². The minimum atomic E-state index is -1.40. The summed E-state index contributed by atoms with van der Waals surface area (Å²) < 4.78 is 11.3. The Morgan fingerprint density at radius 1 is 1.52 bits per heavy atom. The smallest absolute Gasteiger partial charge is 0.351 e. The van der Waals surface area contributed by atoms with Gasteiger partial charge >= 0.3 is 11.7 Å². The summed E-state index contributed by atoms with van der Waals surface area (Å²) >= 11 is 3.87. The highest BCUT2D eigenvalue weighted by molar-refractivity contribution is 7.80. The Hall–Kier alpha value is -1.66. The zero-order chi connectivity index (χ0) is 17.1. The number of ether oxygens (including phenoxy) is 2. The number of anilines is 1. The number of rotatable bonds is 5. The Morgan fingerprint density at radius 2 is 2.22 bits per heavy atom. The van der Waals surface area contributed by atoms with Crippen molar-refractivity contribution in [3.63, 3.8) is 0 Å². The van der Waals surface area contributed by atoms with Crippen molar-refractivity contribution >= 4 is 24.4 Å². The van der Waals surface area contributed by atoms with Gasteiger partial charge in [-0.15, -0.1) is 0 Å². The largest absolute Gasteiger partial charge is 0.462 e. The quantitative estimate of drug-likeness (QED) is 0.281. The molecule has 5 unspecified atom stereocenters. The molecule has 5 atom stereocenters. The summed E-state index contributed by atoms with van der Waals surface area (Å²) in [5, 5.41) is 20.0. The van der Waals surface area contributed by atoms with E-state index in [-0.39, 0.29) is 18.2 Å². The molecule has 0 aliphatic carbocycles. The number of nitrogens with zero attached hydrogens (tertiary/aromatic N) is 2. The number of nitrogen functional groups attached to an aromatic ring is 1. The molecule has 0 radical (unpaired) electrons. The predicted molar refractivity (Wildman–Crippen MR) is 81.6 cm³/mol. The lowest BCUT2D eigenvalue weighted by molar-refractivity contribution is -0.151. The number of hydrogen-bond donors (Lipinski definition) is 5. The zero-order valence-electron chi connectivity index (χ0n) is 12.0. The lowest BCUT2D eigenvalue weighted by Gasteiger charge is -2.17. The molecule has 1 aromatic heterocycles. The number of carbonyl (C=O) groups is 1. The van der Waals surface area contributed by atoms with Crippen LogP contribution in [0.15, 0.2) is 17.1 Å². The molecule has 1 saturated heterocycles. The van der Waals surface area contributed by atoms with Crippen molar-refractivity contribution in [1.29, 1.82) is 0 Å². The standard InChI is InChI=1S/C12H18N4O6S/c13-5(4-23)11(19)21-3-6-8(17)9(18)10(22-6)16-2-1-7(14)15-12(16)20/h1-2,5-6,8-10,17-18,23H,3-4,13H2,(H2,14,15,20). The number of thiol groups is 1. The molecule has 2 rings (SSSR count). The second-order valence-electron chi connectivity index (χ2n) is 5.01. The number of nitrogens with two attached hydrogens (primary N) is 2. The Balaban J connectivity index is 2.06. The summed E-state index contributed by atoms with van der Waals surface area (Å²) in [5.74, 6) is -0.587. The van der Waals surface area contributed by atoms with Gasteiger partial charge in [-0.25, -0.2) is 4.79 Å². The third-order valence-corrected chi connectivity index (χ3v) is 3.75. The molecule has 0 saturated carbocycles. The number of hydrogen-bond acceptors (Lipinski definition) is 10. The molecule has 0 spiro atoms. The molecule has 6 N–H and O–H groups in total. The Morgan fingerprint density at radius 3 is 2.83 bits per heavy atom. The first kappa shape index (κ1) is 17.7. The summed E-state index contributed by atoms with van der Waals surface area (Å²) in [7, 11) is 0. The van der Waals surface area contributed by atoms with Crippen molar-refractivity contribution in [3.05, 3.63) is 22.7 Å². The third kappa shape index (κ3) is 3.82. The van der Waals surface area contributed by atoms with Crippen LogP contribution in [0.1, 0.15) is 6.23 Å². The fraction of sp³-hybridized carbons (Fsp3) is 0.583. The maximum atomic E-state index is 11.8. The van der Waals surface area contributed by atoms with Crippen LogP contribution in [0.25, 0.3) is 0 Å². The second kappa shape index (κ2) is 7.27. The second-order valence-corrected chi connectivity index (χ2v) is 5.37. The van der Waals surface area contributed by atoms with Crippen LogP contribution in [-0.4, -0.2) is 62.4 Å². The average molecular weight is 346 g/mol. The highest BCUT2D eigenvalue weighted by atomic mass is 32.1. The van der Waals surface area contributed by atoms with Crippen molar-refractivity contribution in [2.45, 2.75) is 30.6 Å². The van der Waals surface area contributed by atoms with Crippen LogP contribution >= 0.6 is 12.6 Å². The molecule has 2 heterocycles. The van der Waals surface area contributed by atoms with E-state index >= 15 is 0 Å². The van der Waals surface area contributed by atoms with Crippen LogP contribution in [-0.2, 0) is 14.3 Å². The molecule has 1 fully saturated rings. The summed E-state index contributed by atoms with van der Waals surface area (Å²) in [5.41, 5.74) is 10.1. The van der Waals surface area contributed by atoms with Gasteiger partial charge in [-0.1, -0.05) is 0 Å². The van der Waals surface area contributed by atoms with Gasteiger partial charge in [0.1, 0.15) is 36.8 Å². The minimum absolute atomic E-state index is 0.0190. The molecule has 0 aromatic carbocycles. The molecule has 23 heavy (non-hydrogen) atoms. The number of esters is 1. The maximum absolute atomic E-state index is 11.8. The van der Waals surface area contributed by atoms with Crippen molar-refractivity contribution in [1.82, 2.24) is 9.55 Å². The summed E-state index contributed by atoms with van der Waals surface area (Å²) in [4.78, 5) is 26.8. The van der Waals surface area contributed by atoms with Crippen molar-refractivity contribution < 1.29 is 24.5 Å². The van der Waals surface area contributed by atoms with Crippen LogP contribution in [0.3, 0.4) is 0 Å². The first-order chi connectivity index (χ1) is 10.8. The van der Waals surface area contributed by atoms with E-state index < -0.39 is 42.2 Å². The molecule has 0 amide bonds. The summed E-state index contributed by atoms with van der Waals surface area (Å²) in [6.45, 7) is -0.327. The van der Waals surface area contributed by atoms with Gasteiger partial charge in [0.25, 0.3) is 0 Å². The van der Waals surface area contributed by atoms with Crippen LogP contribution in [0, 0.1) is 0 Å². The predicted octanol–water partition coefficient (Wildman–Crippen LogP) is -2.75. The average Bonchev–Trinajstić information content (AvgIpc) is 2.80. The summed E-state index contributed by atoms with van der Waals surface area (Å²) in [6.07, 6.45) is -3.66. The lowest BCUT2D eigenvalue weighted by Crippen LogP contribution is -2.39. The minimum Gasteiger partial charge on any atom is -0.462 e. The van der Waals surface area contributed by atoms with E-state index in [2.05, 4.69) is 17.6 Å². The van der Waals surface area contributed by atoms with Crippen molar-refractivity contribution in [3.8, 4) is 0 Å². The van der Waals surface area contributed by atoms with Gasteiger partial charge in [0, 0.05) is 11.9 Å². The Kier molecular flexibility index (Phi) is 5.59. The Bertz CT molecular complexity index is 626. The van der Waals surface area contributed by atoms with Gasteiger partial charge < -0.3 is 31.2 Å². The van der Waals surface area contributed by atoms with Gasteiger partial charge in [0.2, 0.25) is 0 Å². The number of aromatic nitrogens is 2. The summed E-state index contributed by atoms with van der Waals surface area (Å²) in [6, 6.07) is 0.449. The van der Waals surface area contributed by atoms with E-state index in [0.717, 1.165) is 4.57 Å². The molecule has 1 aromatic rings. The van der Waals surface area contributed by atoms with Gasteiger partial charge in [-0.3, -0.25) is 9.36 Å². The molecule has 0 bridgehead atoms. The van der Waals surface area contributed by atoms with Crippen LogP contribution < -0.4 is 17.2 Å². The van der Waals surface area contributed by atoms with Gasteiger partial charge in [-0.05, 0) is 6.07 Å². The molecule has 128 valence electrons. The normalized spacial score (nSPS) is 28.5. The molecule has 1 aliphatic heterocycles. The molecular weight excluding hydrogens is 328 g/mol. The molecule has 11 heteroatoms. The van der Waals surface area contributed by atoms with E-state index in [4.69, 9.17) is 20.9 Å². The van der Waals surface area contributed by atoms with Gasteiger partial charge in [0.05, 0.1) is 0 Å². The number of aliphatic hydroxyl groups excluding tert-OH is 2. The van der Waals surface area contributed by atoms with Crippen molar-refractivity contribution in [2.24, 2.45) is 5.73 Å². The fourth-order valence-corrected chi connectivity index (χ4v) is 2.21. The highest BCUT2D eigenvalue weighted by Crippen LogP contribution is 2.28. The highest BCUT2D eigenvalue weighted by Gasteiger charge is 2.44. The van der Waals surface area contributed by atoms with Gasteiger partial charge in [-0.2, -0.15) is 17.6 Å². The van der Waals surface area contributed by atoms with E-state index in [1.807, 2.05) is 0 Å². The van der Waals surface area contributed by atoms with E-state index in [0.29, 0.717) is 0 Å². The van der Waals surface area contributed by atoms with Crippen LogP contribution in [0.2, 0.25) is 0 Å². The molecular formula is C12H18N4O6S. The lowest BCUT2D eigenvalue weighted by atomic mass is 10.1. The monoisotopic (exact) mass is 346 g/mol. The molecule has 1 aliphatic rings. The van der Waals surface area contributed by atoms with E-state index in [1.165, 1.54) is 12.3 Å². The third-order valence-electron chi connectivity index (χ3n) is 3.35. The topological polar surface area (TPSA) is 163 Å². The van der Waals surface area contributed by atoms with Crippen molar-refractivity contribution in [2.75, 3.05) is 18.1 Å². The van der Waals surface area contributed by atoms with Crippen LogP contribution in [0.4, 0.5) is 5.82 Å². The van der Waals surface area contributed by atoms with E-state index in [9.17, 15) is 19.8 Å². The zero-order valence-corrected chi connectivity index (χ0v) is 12.9. The Labute approximate surface area is 136 Å². The SMILES string of the molecule is Nc1ccn(C2OC(COC(=O)C(N)CS)C(O)C2O)c(=O)n1. The first-order valence-corrected chi connectivity index (χ1v) is 7.37. The van der Waals surface area contributed by atoms with Crippen LogP contribution in [0.5, 0.6) is 0 Å². The number of carbonyl (C=O) groups excluding carboxylic acids is 1. The maximum Gasteiger partial charge on any atom is 0.351 e. The molecule has 10 nitrogen and oxygen atoms in total. The number of aliphatic hydroxyl groups is 2. The fourth-order valence-electron chi connectivity index (χ4n) is 2.06. The first-order valence-electron chi connectivity index (χ1n) is 6.74. The van der Waals surface area contributed by atoms with E-state index in [1.54, 1.807) is 0 Å².